The van der Waals surface area contributed by atoms with Crippen LogP contribution < -0.4 is 9.64 Å². The Kier molecular flexibility index (Phi) is 9.58. The first-order valence-electron chi connectivity index (χ1n) is 14.7. The van der Waals surface area contributed by atoms with Gasteiger partial charge in [-0.15, -0.1) is 0 Å². The van der Waals surface area contributed by atoms with Crippen molar-refractivity contribution in [3.63, 3.8) is 0 Å². The van der Waals surface area contributed by atoms with Crippen LogP contribution in [0, 0.1) is 6.92 Å². The predicted molar refractivity (Wildman–Crippen MR) is 171 cm³/mol. The van der Waals surface area contributed by atoms with E-state index in [2.05, 4.69) is 83.8 Å². The highest BCUT2D eigenvalue weighted by atomic mass is 16.5. The van der Waals surface area contributed by atoms with Crippen LogP contribution in [-0.2, 0) is 6.42 Å². The second-order valence-corrected chi connectivity index (χ2v) is 11.5. The van der Waals surface area contributed by atoms with E-state index in [0.29, 0.717) is 18.4 Å². The molecule has 0 bridgehead atoms. The van der Waals surface area contributed by atoms with Crippen molar-refractivity contribution in [3.05, 3.63) is 101 Å². The molecular weight excluding hydrogens is 490 g/mol. The lowest BCUT2D eigenvalue weighted by Crippen LogP contribution is -2.24. The number of benzene rings is 4. The van der Waals surface area contributed by atoms with Gasteiger partial charge >= 0.3 is 0 Å². The fourth-order valence-electron chi connectivity index (χ4n) is 5.50. The zero-order valence-electron chi connectivity index (χ0n) is 25.3. The normalized spacial score (nSPS) is 11.3. The van der Waals surface area contributed by atoms with Gasteiger partial charge in [0.1, 0.15) is 11.5 Å². The number of nitrogens with zero attached hydrogens (tertiary/aromatic N) is 1. The second kappa shape index (κ2) is 13.1. The van der Waals surface area contributed by atoms with Crippen LogP contribution in [0.1, 0.15) is 75.1 Å². The van der Waals surface area contributed by atoms with Crippen LogP contribution >= 0.6 is 0 Å². The summed E-state index contributed by atoms with van der Waals surface area (Å²) in [6, 6.07) is 27.0. The Balaban J connectivity index is 1.55. The van der Waals surface area contributed by atoms with E-state index < -0.39 is 0 Å². The first kappa shape index (κ1) is 29.3. The molecule has 1 N–H and O–H groups in total. The van der Waals surface area contributed by atoms with E-state index in [1.807, 2.05) is 48.5 Å². The third kappa shape index (κ3) is 6.53. The van der Waals surface area contributed by atoms with E-state index in [4.69, 9.17) is 4.74 Å². The monoisotopic (exact) mass is 535 g/mol. The highest BCUT2D eigenvalue weighted by Gasteiger charge is 2.19. The highest BCUT2D eigenvalue weighted by molar-refractivity contribution is 5.84. The summed E-state index contributed by atoms with van der Waals surface area (Å²) in [5.41, 5.74) is 10.3. The number of hydrogen-bond donors (Lipinski definition) is 1. The maximum absolute atomic E-state index is 11.4. The van der Waals surface area contributed by atoms with Crippen molar-refractivity contribution in [2.24, 2.45) is 0 Å². The van der Waals surface area contributed by atoms with E-state index in [1.165, 1.54) is 27.9 Å². The molecule has 0 aliphatic rings. The minimum atomic E-state index is 0.285. The molecule has 0 radical (unpaired) electrons. The summed E-state index contributed by atoms with van der Waals surface area (Å²) in [7, 11) is 2.21. The zero-order chi connectivity index (χ0) is 28.8. The van der Waals surface area contributed by atoms with Crippen LogP contribution in [0.5, 0.6) is 11.5 Å². The number of ether oxygens (including phenoxy) is 1. The molecule has 0 fully saturated rings. The summed E-state index contributed by atoms with van der Waals surface area (Å²) >= 11 is 0. The van der Waals surface area contributed by atoms with Crippen molar-refractivity contribution in [1.29, 1.82) is 0 Å². The van der Waals surface area contributed by atoms with Gasteiger partial charge in [0, 0.05) is 36.0 Å². The Bertz CT molecular complexity index is 1390. The van der Waals surface area contributed by atoms with E-state index in [9.17, 15) is 5.11 Å². The average molecular weight is 536 g/mol. The minimum Gasteiger partial charge on any atom is -0.507 e. The molecule has 40 heavy (non-hydrogen) atoms. The topological polar surface area (TPSA) is 32.7 Å². The number of anilines is 1. The summed E-state index contributed by atoms with van der Waals surface area (Å²) in [6.07, 6.45) is 1.81. The molecule has 0 aliphatic carbocycles. The van der Waals surface area contributed by atoms with E-state index in [0.717, 1.165) is 47.4 Å². The number of aryl methyl sites for hydroxylation is 2. The van der Waals surface area contributed by atoms with E-state index >= 15 is 0 Å². The number of aromatic hydroxyl groups is 1. The summed E-state index contributed by atoms with van der Waals surface area (Å²) in [5, 5.41) is 11.4. The fraction of sp³-hybridized carbons (Fsp3) is 0.351. The van der Waals surface area contributed by atoms with Crippen molar-refractivity contribution < 1.29 is 9.84 Å². The molecule has 0 aliphatic heterocycles. The molecule has 0 amide bonds. The molecule has 0 heterocycles. The lowest BCUT2D eigenvalue weighted by Gasteiger charge is -2.29. The van der Waals surface area contributed by atoms with Gasteiger partial charge in [-0.3, -0.25) is 0 Å². The first-order chi connectivity index (χ1) is 19.2. The predicted octanol–water partition coefficient (Wildman–Crippen LogP) is 9.75. The molecular formula is C37H45NO2. The van der Waals surface area contributed by atoms with Crippen molar-refractivity contribution in [2.75, 3.05) is 25.1 Å². The number of hydrogen-bond acceptors (Lipinski definition) is 3. The summed E-state index contributed by atoms with van der Waals surface area (Å²) in [5.74, 6) is 2.02. The molecule has 0 unspecified atom stereocenters. The third-order valence-corrected chi connectivity index (χ3v) is 7.70. The van der Waals surface area contributed by atoms with Gasteiger partial charge in [-0.2, -0.15) is 0 Å². The van der Waals surface area contributed by atoms with Crippen molar-refractivity contribution in [3.8, 4) is 33.8 Å². The van der Waals surface area contributed by atoms with Crippen molar-refractivity contribution in [2.45, 2.75) is 66.2 Å². The maximum atomic E-state index is 11.4. The summed E-state index contributed by atoms with van der Waals surface area (Å²) in [6.45, 7) is 15.0. The third-order valence-electron chi connectivity index (χ3n) is 7.70. The van der Waals surface area contributed by atoms with Gasteiger partial charge in [0.05, 0.1) is 6.61 Å². The molecule has 0 saturated heterocycles. The molecule has 4 aromatic rings. The Morgan fingerprint density at radius 2 is 1.43 bits per heavy atom. The maximum Gasteiger partial charge on any atom is 0.131 e. The van der Waals surface area contributed by atoms with Crippen LogP contribution in [0.3, 0.4) is 0 Å². The van der Waals surface area contributed by atoms with E-state index in [-0.39, 0.29) is 5.75 Å². The van der Waals surface area contributed by atoms with Gasteiger partial charge in [-0.25, -0.2) is 0 Å². The van der Waals surface area contributed by atoms with Crippen molar-refractivity contribution in [1.82, 2.24) is 0 Å². The number of phenols is 1. The van der Waals surface area contributed by atoms with Crippen LogP contribution in [0.15, 0.2) is 78.9 Å². The van der Waals surface area contributed by atoms with Gasteiger partial charge in [-0.1, -0.05) is 107 Å². The molecule has 0 aromatic heterocycles. The lowest BCUT2D eigenvalue weighted by molar-refractivity contribution is 0.313. The van der Waals surface area contributed by atoms with Crippen LogP contribution in [0.25, 0.3) is 22.3 Å². The Morgan fingerprint density at radius 1 is 0.775 bits per heavy atom. The standard InChI is InChI=1S/C37H45NO2/c1-8-28-18-19-35(34(24-28)31-17-12-16-30(37(31)39)29-14-10-9-11-15-29)40-21-13-20-38(7)36-32(25(2)3)22-27(6)23-33(36)26(4)5/h9-12,14-19,22-26,39H,8,13,20-21H2,1-7H3. The lowest BCUT2D eigenvalue weighted by atomic mass is 9.90. The quantitative estimate of drug-likeness (QED) is 0.194. The molecule has 0 atom stereocenters. The fourth-order valence-corrected chi connectivity index (χ4v) is 5.50. The molecule has 4 rings (SSSR count). The van der Waals surface area contributed by atoms with Crippen LogP contribution in [0.2, 0.25) is 0 Å². The van der Waals surface area contributed by atoms with Crippen LogP contribution in [0.4, 0.5) is 5.69 Å². The minimum absolute atomic E-state index is 0.285. The van der Waals surface area contributed by atoms with E-state index in [1.54, 1.807) is 0 Å². The number of rotatable bonds is 11. The van der Waals surface area contributed by atoms with Gasteiger partial charge in [-0.05, 0) is 66.0 Å². The Hall–Kier alpha value is -3.72. The molecule has 0 spiro atoms. The smallest absolute Gasteiger partial charge is 0.131 e. The number of para-hydroxylation sites is 1. The van der Waals surface area contributed by atoms with Crippen LogP contribution in [-0.4, -0.2) is 25.3 Å². The number of phenolic OH excluding ortho intramolecular Hbond substituents is 1. The summed E-state index contributed by atoms with van der Waals surface area (Å²) in [4.78, 5) is 2.41. The second-order valence-electron chi connectivity index (χ2n) is 11.5. The largest absolute Gasteiger partial charge is 0.507 e. The molecule has 3 heteroatoms. The average Bonchev–Trinajstić information content (AvgIpc) is 2.95. The van der Waals surface area contributed by atoms with Gasteiger partial charge in [0.25, 0.3) is 0 Å². The SMILES string of the molecule is CCc1ccc(OCCCN(C)c2c(C(C)C)cc(C)cc2C(C)C)c(-c2cccc(-c3ccccc3)c2O)c1. The molecule has 3 nitrogen and oxygen atoms in total. The van der Waals surface area contributed by atoms with Gasteiger partial charge in [0.2, 0.25) is 0 Å². The molecule has 4 aromatic carbocycles. The Labute approximate surface area is 241 Å². The summed E-state index contributed by atoms with van der Waals surface area (Å²) < 4.78 is 6.41. The Morgan fingerprint density at radius 3 is 2.05 bits per heavy atom. The molecule has 210 valence electrons. The first-order valence-corrected chi connectivity index (χ1v) is 14.7. The highest BCUT2D eigenvalue weighted by Crippen LogP contribution is 2.42. The van der Waals surface area contributed by atoms with Gasteiger partial charge in [0.15, 0.2) is 0 Å². The molecule has 0 saturated carbocycles. The van der Waals surface area contributed by atoms with Gasteiger partial charge < -0.3 is 14.7 Å². The van der Waals surface area contributed by atoms with Crippen molar-refractivity contribution >= 4 is 5.69 Å². The zero-order valence-corrected chi connectivity index (χ0v) is 25.3.